The van der Waals surface area contributed by atoms with E-state index in [1.54, 1.807) is 0 Å². The van der Waals surface area contributed by atoms with E-state index in [0.717, 1.165) is 32.1 Å². The standard InChI is InChI=1S/C22H29F3O2/c1-13(26)27-15-8-10-20(2)14(12-15)4-5-16-17-6-7-19(22(23,24)25)21(17,3)11-9-18(16)20/h4,7,15-18H,5-6,8-12H2,1-3H3/t15?,16?,17?,18?,20-,21-/m0/s1. The van der Waals surface area contributed by atoms with Crippen LogP contribution in [0, 0.1) is 28.6 Å². The van der Waals surface area contributed by atoms with Crippen molar-refractivity contribution in [2.24, 2.45) is 28.6 Å². The first-order chi connectivity index (χ1) is 12.6. The molecule has 0 amide bonds. The number of carbonyl (C=O) groups is 1. The Bertz CT molecular complexity index is 707. The Morgan fingerprint density at radius 3 is 2.44 bits per heavy atom. The van der Waals surface area contributed by atoms with Gasteiger partial charge in [0, 0.05) is 24.3 Å². The molecule has 0 aromatic carbocycles. The molecule has 0 saturated heterocycles. The number of rotatable bonds is 1. The lowest BCUT2D eigenvalue weighted by atomic mass is 9.47. The zero-order valence-electron chi connectivity index (χ0n) is 16.4. The van der Waals surface area contributed by atoms with Crippen LogP contribution in [-0.4, -0.2) is 18.2 Å². The minimum absolute atomic E-state index is 0.0435. The van der Waals surface area contributed by atoms with Crippen molar-refractivity contribution in [1.29, 1.82) is 0 Å². The van der Waals surface area contributed by atoms with Crippen molar-refractivity contribution in [2.75, 3.05) is 0 Å². The summed E-state index contributed by atoms with van der Waals surface area (Å²) >= 11 is 0. The van der Waals surface area contributed by atoms with Crippen LogP contribution in [0.3, 0.4) is 0 Å². The second-order valence-corrected chi connectivity index (χ2v) is 9.54. The van der Waals surface area contributed by atoms with Crippen molar-refractivity contribution in [1.82, 2.24) is 0 Å². The molecule has 0 aromatic heterocycles. The second kappa shape index (κ2) is 6.12. The molecule has 2 saturated carbocycles. The molecule has 0 spiro atoms. The highest BCUT2D eigenvalue weighted by Gasteiger charge is 2.60. The van der Waals surface area contributed by atoms with Crippen LogP contribution in [0.15, 0.2) is 23.3 Å². The number of fused-ring (bicyclic) bond motifs is 5. The Balaban J connectivity index is 1.59. The van der Waals surface area contributed by atoms with E-state index in [1.165, 1.54) is 18.6 Å². The predicted octanol–water partition coefficient (Wildman–Crippen LogP) is 5.98. The summed E-state index contributed by atoms with van der Waals surface area (Å²) in [5.41, 5.74) is 0.404. The Hall–Kier alpha value is -1.26. The van der Waals surface area contributed by atoms with Crippen LogP contribution < -0.4 is 0 Å². The molecule has 6 atom stereocenters. The van der Waals surface area contributed by atoms with E-state index in [9.17, 15) is 18.0 Å². The monoisotopic (exact) mass is 382 g/mol. The lowest BCUT2D eigenvalue weighted by Gasteiger charge is -2.57. The molecule has 0 heterocycles. The number of carbonyl (C=O) groups excluding carboxylic acids is 1. The lowest BCUT2D eigenvalue weighted by molar-refractivity contribution is -0.149. The summed E-state index contributed by atoms with van der Waals surface area (Å²) in [5, 5.41) is 0. The second-order valence-electron chi connectivity index (χ2n) is 9.54. The normalized spacial score (nSPS) is 43.8. The zero-order chi connectivity index (χ0) is 19.6. The van der Waals surface area contributed by atoms with Crippen LogP contribution in [0.1, 0.15) is 65.7 Å². The summed E-state index contributed by atoms with van der Waals surface area (Å²) in [4.78, 5) is 11.3. The number of ether oxygens (including phenoxy) is 1. The van der Waals surface area contributed by atoms with Crippen LogP contribution >= 0.6 is 0 Å². The molecule has 4 aliphatic carbocycles. The van der Waals surface area contributed by atoms with Gasteiger partial charge < -0.3 is 4.74 Å². The van der Waals surface area contributed by atoms with Gasteiger partial charge in [-0.05, 0) is 61.7 Å². The first kappa shape index (κ1) is 19.1. The zero-order valence-corrected chi connectivity index (χ0v) is 16.4. The number of alkyl halides is 3. The fourth-order valence-electron chi connectivity index (χ4n) is 6.97. The van der Waals surface area contributed by atoms with Gasteiger partial charge in [-0.15, -0.1) is 0 Å². The van der Waals surface area contributed by atoms with E-state index >= 15 is 0 Å². The van der Waals surface area contributed by atoms with E-state index in [0.29, 0.717) is 24.7 Å². The Morgan fingerprint density at radius 1 is 1.07 bits per heavy atom. The van der Waals surface area contributed by atoms with Gasteiger partial charge in [-0.1, -0.05) is 31.6 Å². The fourth-order valence-corrected chi connectivity index (χ4v) is 6.97. The summed E-state index contributed by atoms with van der Waals surface area (Å²) in [5.74, 6) is 0.616. The Morgan fingerprint density at radius 2 is 1.78 bits per heavy atom. The minimum atomic E-state index is -4.21. The lowest BCUT2D eigenvalue weighted by Crippen LogP contribution is -2.51. The van der Waals surface area contributed by atoms with E-state index in [1.807, 2.05) is 6.92 Å². The quantitative estimate of drug-likeness (QED) is 0.412. The van der Waals surface area contributed by atoms with Crippen molar-refractivity contribution in [3.8, 4) is 0 Å². The maximum Gasteiger partial charge on any atom is 0.412 e. The molecule has 4 aliphatic rings. The summed E-state index contributed by atoms with van der Waals surface area (Å²) in [6.07, 6.45) is 5.00. The van der Waals surface area contributed by atoms with Gasteiger partial charge in [0.15, 0.2) is 0 Å². The van der Waals surface area contributed by atoms with Crippen molar-refractivity contribution in [3.63, 3.8) is 0 Å². The number of halogens is 3. The van der Waals surface area contributed by atoms with E-state index in [-0.39, 0.29) is 29.0 Å². The first-order valence-electron chi connectivity index (χ1n) is 10.2. The maximum atomic E-state index is 13.6. The average molecular weight is 382 g/mol. The summed E-state index contributed by atoms with van der Waals surface area (Å²) < 4.78 is 46.2. The molecule has 0 bridgehead atoms. The van der Waals surface area contributed by atoms with Crippen molar-refractivity contribution in [3.05, 3.63) is 23.3 Å². The smallest absolute Gasteiger partial charge is 0.412 e. The summed E-state index contributed by atoms with van der Waals surface area (Å²) in [6.45, 7) is 5.60. The topological polar surface area (TPSA) is 26.3 Å². The fraction of sp³-hybridized carbons (Fsp3) is 0.773. The number of esters is 1. The molecular weight excluding hydrogens is 353 g/mol. The van der Waals surface area contributed by atoms with Crippen molar-refractivity contribution in [2.45, 2.75) is 78.0 Å². The molecule has 4 rings (SSSR count). The molecule has 2 nitrogen and oxygen atoms in total. The van der Waals surface area contributed by atoms with E-state index < -0.39 is 11.6 Å². The molecule has 0 N–H and O–H groups in total. The van der Waals surface area contributed by atoms with Crippen LogP contribution in [-0.2, 0) is 9.53 Å². The molecule has 150 valence electrons. The molecule has 5 heteroatoms. The third-order valence-electron chi connectivity index (χ3n) is 8.28. The summed E-state index contributed by atoms with van der Waals surface area (Å²) in [7, 11) is 0. The van der Waals surface area contributed by atoms with Gasteiger partial charge in [-0.3, -0.25) is 4.79 Å². The van der Waals surface area contributed by atoms with Crippen LogP contribution in [0.25, 0.3) is 0 Å². The molecule has 4 unspecified atom stereocenters. The SMILES string of the molecule is CC(=O)OC1CC[C@@]2(C)C(=CCC3C2CC[C@]2(C)C(C(F)(F)F)=CCC32)C1. The molecule has 27 heavy (non-hydrogen) atoms. The highest BCUT2D eigenvalue weighted by molar-refractivity contribution is 5.66. The van der Waals surface area contributed by atoms with Gasteiger partial charge in [0.25, 0.3) is 0 Å². The maximum absolute atomic E-state index is 13.6. The Labute approximate surface area is 159 Å². The van der Waals surface area contributed by atoms with Gasteiger partial charge in [-0.25, -0.2) is 0 Å². The number of allylic oxidation sites excluding steroid dienone is 3. The van der Waals surface area contributed by atoms with E-state index in [4.69, 9.17) is 4.74 Å². The number of hydrogen-bond acceptors (Lipinski definition) is 2. The van der Waals surface area contributed by atoms with Gasteiger partial charge >= 0.3 is 12.1 Å². The molecule has 0 radical (unpaired) electrons. The molecule has 2 fully saturated rings. The van der Waals surface area contributed by atoms with Gasteiger partial charge in [0.2, 0.25) is 0 Å². The minimum Gasteiger partial charge on any atom is -0.462 e. The van der Waals surface area contributed by atoms with Gasteiger partial charge in [0.1, 0.15) is 6.10 Å². The van der Waals surface area contributed by atoms with Gasteiger partial charge in [-0.2, -0.15) is 13.2 Å². The van der Waals surface area contributed by atoms with Gasteiger partial charge in [0.05, 0.1) is 0 Å². The molecule has 0 aromatic rings. The third-order valence-corrected chi connectivity index (χ3v) is 8.28. The van der Waals surface area contributed by atoms with Crippen LogP contribution in [0.5, 0.6) is 0 Å². The highest BCUT2D eigenvalue weighted by atomic mass is 19.4. The largest absolute Gasteiger partial charge is 0.462 e. The van der Waals surface area contributed by atoms with E-state index in [2.05, 4.69) is 13.0 Å². The summed E-state index contributed by atoms with van der Waals surface area (Å²) in [6, 6.07) is 0. The van der Waals surface area contributed by atoms with Crippen LogP contribution in [0.2, 0.25) is 0 Å². The number of hydrogen-bond donors (Lipinski definition) is 0. The van der Waals surface area contributed by atoms with Crippen molar-refractivity contribution < 1.29 is 22.7 Å². The molecular formula is C22H29F3O2. The highest BCUT2D eigenvalue weighted by Crippen LogP contribution is 2.66. The predicted molar refractivity (Wildman–Crippen MR) is 96.8 cm³/mol. The first-order valence-corrected chi connectivity index (χ1v) is 10.2. The van der Waals surface area contributed by atoms with Crippen molar-refractivity contribution >= 4 is 5.97 Å². The third kappa shape index (κ3) is 2.87. The van der Waals surface area contributed by atoms with Crippen LogP contribution in [0.4, 0.5) is 13.2 Å². The average Bonchev–Trinajstić information content (AvgIpc) is 2.92. The Kier molecular flexibility index (Phi) is 4.32. The molecule has 0 aliphatic heterocycles.